The van der Waals surface area contributed by atoms with E-state index < -0.39 is 5.97 Å². The fourth-order valence-electron chi connectivity index (χ4n) is 3.76. The van der Waals surface area contributed by atoms with Crippen molar-refractivity contribution in [3.63, 3.8) is 0 Å². The summed E-state index contributed by atoms with van der Waals surface area (Å²) in [6.07, 6.45) is 6.47. The Kier molecular flexibility index (Phi) is 4.66. The van der Waals surface area contributed by atoms with E-state index in [2.05, 4.69) is 5.10 Å². The first-order valence-electron chi connectivity index (χ1n) is 8.19. The number of rotatable bonds is 5. The minimum Gasteiger partial charge on any atom is -0.481 e. The monoisotopic (exact) mass is 321 g/mol. The third-order valence-corrected chi connectivity index (χ3v) is 4.94. The Morgan fingerprint density at radius 2 is 2.13 bits per heavy atom. The van der Waals surface area contributed by atoms with Crippen LogP contribution in [0.5, 0.6) is 0 Å². The molecule has 1 N–H and O–H groups in total. The van der Waals surface area contributed by atoms with E-state index in [1.165, 1.54) is 0 Å². The molecular weight excluding hydrogens is 298 g/mol. The van der Waals surface area contributed by atoms with Crippen LogP contribution in [0.2, 0.25) is 0 Å². The van der Waals surface area contributed by atoms with Crippen molar-refractivity contribution in [1.29, 1.82) is 0 Å². The molecule has 2 aliphatic rings. The average Bonchev–Trinajstić information content (AvgIpc) is 3.25. The van der Waals surface area contributed by atoms with E-state index in [9.17, 15) is 9.59 Å². The Labute approximate surface area is 135 Å². The van der Waals surface area contributed by atoms with Crippen molar-refractivity contribution < 1.29 is 19.4 Å². The molecule has 1 saturated carbocycles. The smallest absolute Gasteiger partial charge is 0.305 e. The van der Waals surface area contributed by atoms with Crippen LogP contribution in [-0.2, 0) is 9.53 Å². The third-order valence-electron chi connectivity index (χ3n) is 4.94. The van der Waals surface area contributed by atoms with E-state index in [0.29, 0.717) is 18.7 Å². The number of hydrogen-bond acceptors (Lipinski definition) is 4. The Morgan fingerprint density at radius 3 is 2.78 bits per heavy atom. The molecule has 1 aliphatic heterocycles. The zero-order chi connectivity index (χ0) is 16.4. The number of nitrogens with zero attached hydrogens (tertiary/aromatic N) is 3. The van der Waals surface area contributed by atoms with Crippen molar-refractivity contribution in [2.75, 3.05) is 13.7 Å². The van der Waals surface area contributed by atoms with Gasteiger partial charge in [0.05, 0.1) is 18.6 Å². The van der Waals surface area contributed by atoms with Crippen LogP contribution >= 0.6 is 0 Å². The van der Waals surface area contributed by atoms with Crippen LogP contribution in [-0.4, -0.2) is 57.5 Å². The predicted molar refractivity (Wildman–Crippen MR) is 82.2 cm³/mol. The molecule has 7 heteroatoms. The number of carbonyl (C=O) groups is 2. The van der Waals surface area contributed by atoms with Gasteiger partial charge < -0.3 is 14.7 Å². The molecule has 0 spiro atoms. The van der Waals surface area contributed by atoms with E-state index in [-0.39, 0.29) is 30.5 Å². The number of methoxy groups -OCH3 is 1. The molecule has 2 heterocycles. The van der Waals surface area contributed by atoms with E-state index in [0.717, 1.165) is 25.7 Å². The molecule has 23 heavy (non-hydrogen) atoms. The minimum absolute atomic E-state index is 0.0524. The molecule has 7 nitrogen and oxygen atoms in total. The van der Waals surface area contributed by atoms with Gasteiger partial charge >= 0.3 is 5.97 Å². The summed E-state index contributed by atoms with van der Waals surface area (Å²) in [4.78, 5) is 25.7. The van der Waals surface area contributed by atoms with Gasteiger partial charge in [-0.3, -0.25) is 14.3 Å². The van der Waals surface area contributed by atoms with E-state index >= 15 is 0 Å². The van der Waals surface area contributed by atoms with Crippen molar-refractivity contribution in [1.82, 2.24) is 14.7 Å². The first-order chi connectivity index (χ1) is 11.1. The molecule has 3 rings (SSSR count). The Balaban J connectivity index is 1.81. The largest absolute Gasteiger partial charge is 0.481 e. The molecule has 0 radical (unpaired) electrons. The predicted octanol–water partition coefficient (Wildman–Crippen LogP) is 1.70. The fourth-order valence-corrected chi connectivity index (χ4v) is 3.76. The maximum Gasteiger partial charge on any atom is 0.305 e. The normalized spacial score (nSPS) is 25.2. The molecular formula is C16H23N3O4. The summed E-state index contributed by atoms with van der Waals surface area (Å²) in [5.41, 5.74) is 0.559. The highest BCUT2D eigenvalue weighted by Gasteiger charge is 2.38. The molecule has 2 atom stereocenters. The number of carboxylic acid groups (broad SMARTS) is 1. The molecule has 1 saturated heterocycles. The van der Waals surface area contributed by atoms with E-state index in [4.69, 9.17) is 9.84 Å². The molecule has 0 aromatic carbocycles. The highest BCUT2D eigenvalue weighted by Crippen LogP contribution is 2.31. The lowest BCUT2D eigenvalue weighted by atomic mass is 10.1. The van der Waals surface area contributed by atoms with Gasteiger partial charge in [0, 0.05) is 25.9 Å². The highest BCUT2D eigenvalue weighted by molar-refractivity contribution is 5.93. The molecule has 1 aliphatic carbocycles. The SMILES string of the molecule is COC1CC(CC(=O)O)N(C(=O)c2ccnn2C2CCCC2)C1. The van der Waals surface area contributed by atoms with Gasteiger partial charge in [0.1, 0.15) is 5.69 Å². The molecule has 1 aromatic heterocycles. The van der Waals surface area contributed by atoms with Crippen LogP contribution in [0.4, 0.5) is 0 Å². The van der Waals surface area contributed by atoms with Crippen LogP contribution < -0.4 is 0 Å². The number of hydrogen-bond donors (Lipinski definition) is 1. The first-order valence-corrected chi connectivity index (χ1v) is 8.19. The van der Waals surface area contributed by atoms with Crippen molar-refractivity contribution in [2.45, 2.75) is 56.7 Å². The van der Waals surface area contributed by atoms with Crippen molar-refractivity contribution >= 4 is 11.9 Å². The second-order valence-corrected chi connectivity index (χ2v) is 6.40. The number of aliphatic carboxylic acids is 1. The quantitative estimate of drug-likeness (QED) is 0.892. The Hall–Kier alpha value is -1.89. The maximum absolute atomic E-state index is 13.0. The second kappa shape index (κ2) is 6.70. The van der Waals surface area contributed by atoms with Crippen LogP contribution in [0.15, 0.2) is 12.3 Å². The molecule has 126 valence electrons. The van der Waals surface area contributed by atoms with Crippen molar-refractivity contribution in [3.05, 3.63) is 18.0 Å². The zero-order valence-electron chi connectivity index (χ0n) is 13.4. The van der Waals surface area contributed by atoms with Crippen LogP contribution in [0.25, 0.3) is 0 Å². The summed E-state index contributed by atoms with van der Waals surface area (Å²) in [6.45, 7) is 0.434. The van der Waals surface area contributed by atoms with Gasteiger partial charge in [-0.25, -0.2) is 0 Å². The number of aromatic nitrogens is 2. The topological polar surface area (TPSA) is 84.7 Å². The maximum atomic E-state index is 13.0. The van der Waals surface area contributed by atoms with Crippen LogP contribution in [0, 0.1) is 0 Å². The Bertz CT molecular complexity index is 580. The molecule has 1 aromatic rings. The van der Waals surface area contributed by atoms with E-state index in [1.54, 1.807) is 24.3 Å². The van der Waals surface area contributed by atoms with E-state index in [1.807, 2.05) is 4.68 Å². The summed E-state index contributed by atoms with van der Waals surface area (Å²) in [5.74, 6) is -1.03. The lowest BCUT2D eigenvalue weighted by molar-refractivity contribution is -0.138. The minimum atomic E-state index is -0.895. The number of carbonyl (C=O) groups excluding carboxylic acids is 1. The highest BCUT2D eigenvalue weighted by atomic mass is 16.5. The Morgan fingerprint density at radius 1 is 1.39 bits per heavy atom. The third kappa shape index (κ3) is 3.24. The van der Waals surface area contributed by atoms with Gasteiger partial charge in [-0.2, -0.15) is 5.10 Å². The summed E-state index contributed by atoms with van der Waals surface area (Å²) in [5, 5.41) is 13.4. The molecule has 1 amide bonds. The number of amides is 1. The lowest BCUT2D eigenvalue weighted by Gasteiger charge is -2.24. The van der Waals surface area contributed by atoms with Crippen molar-refractivity contribution in [2.24, 2.45) is 0 Å². The first kappa shape index (κ1) is 16.0. The van der Waals surface area contributed by atoms with Gasteiger partial charge in [0.15, 0.2) is 0 Å². The summed E-state index contributed by atoms with van der Waals surface area (Å²) >= 11 is 0. The number of carboxylic acids is 1. The zero-order valence-corrected chi connectivity index (χ0v) is 13.4. The summed E-state index contributed by atoms with van der Waals surface area (Å²) in [7, 11) is 1.60. The summed E-state index contributed by atoms with van der Waals surface area (Å²) < 4.78 is 7.17. The number of likely N-dealkylation sites (tertiary alicyclic amines) is 1. The van der Waals surface area contributed by atoms with Crippen LogP contribution in [0.3, 0.4) is 0 Å². The standard InChI is InChI=1S/C16H23N3O4/c1-23-13-8-12(9-15(20)21)18(10-13)16(22)14-6-7-17-19(14)11-4-2-3-5-11/h6-7,11-13H,2-5,8-10H2,1H3,(H,20,21). The van der Waals surface area contributed by atoms with Gasteiger partial charge in [0.2, 0.25) is 0 Å². The number of ether oxygens (including phenoxy) is 1. The second-order valence-electron chi connectivity index (χ2n) is 6.40. The van der Waals surface area contributed by atoms with Gasteiger partial charge in [-0.05, 0) is 25.3 Å². The molecule has 0 bridgehead atoms. The fraction of sp³-hybridized carbons (Fsp3) is 0.688. The van der Waals surface area contributed by atoms with Gasteiger partial charge in [-0.15, -0.1) is 0 Å². The lowest BCUT2D eigenvalue weighted by Crippen LogP contribution is -2.38. The molecule has 2 fully saturated rings. The van der Waals surface area contributed by atoms with Gasteiger partial charge in [-0.1, -0.05) is 12.8 Å². The molecule has 2 unspecified atom stereocenters. The summed E-state index contributed by atoms with van der Waals surface area (Å²) in [6, 6.07) is 1.69. The van der Waals surface area contributed by atoms with Crippen LogP contribution in [0.1, 0.15) is 55.1 Å². The van der Waals surface area contributed by atoms with Crippen molar-refractivity contribution in [3.8, 4) is 0 Å². The average molecular weight is 321 g/mol. The van der Waals surface area contributed by atoms with Gasteiger partial charge in [0.25, 0.3) is 5.91 Å².